The van der Waals surface area contributed by atoms with Gasteiger partial charge in [0, 0.05) is 86.6 Å². The minimum absolute atomic E-state index is 0.0906. The Balaban J connectivity index is 1.52. The molecule has 1 aromatic carbocycles. The molecular formula is C32H42N8O6S. The summed E-state index contributed by atoms with van der Waals surface area (Å²) in [7, 11) is -0.850. The third-order valence-electron chi connectivity index (χ3n) is 8.48. The summed E-state index contributed by atoms with van der Waals surface area (Å²) >= 11 is 0. The van der Waals surface area contributed by atoms with E-state index in [0.717, 1.165) is 53.9 Å². The molecule has 15 heteroatoms. The van der Waals surface area contributed by atoms with Gasteiger partial charge in [0.2, 0.25) is 15.8 Å². The summed E-state index contributed by atoms with van der Waals surface area (Å²) in [5, 5.41) is 5.73. The molecule has 0 aliphatic carbocycles. The van der Waals surface area contributed by atoms with Gasteiger partial charge in [-0.3, -0.25) is 19.0 Å². The van der Waals surface area contributed by atoms with Crippen LogP contribution in [0.3, 0.4) is 0 Å². The lowest BCUT2D eigenvalue weighted by atomic mass is 9.91. The van der Waals surface area contributed by atoms with Crippen molar-refractivity contribution in [3.63, 3.8) is 0 Å². The van der Waals surface area contributed by atoms with Gasteiger partial charge in [-0.1, -0.05) is 0 Å². The van der Waals surface area contributed by atoms with Crippen molar-refractivity contribution in [3.05, 3.63) is 63.7 Å². The lowest BCUT2D eigenvalue weighted by Gasteiger charge is -2.30. The lowest BCUT2D eigenvalue weighted by molar-refractivity contribution is -0.108. The van der Waals surface area contributed by atoms with Gasteiger partial charge < -0.3 is 30.9 Å². The maximum Gasteiger partial charge on any atom is 0.275 e. The zero-order valence-corrected chi connectivity index (χ0v) is 27.8. The van der Waals surface area contributed by atoms with Crippen molar-refractivity contribution in [2.75, 3.05) is 76.0 Å². The number of sulfone groups is 1. The number of anilines is 3. The van der Waals surface area contributed by atoms with E-state index in [9.17, 15) is 22.8 Å². The fourth-order valence-corrected chi connectivity index (χ4v) is 7.12. The molecule has 0 spiro atoms. The van der Waals surface area contributed by atoms with E-state index >= 15 is 0 Å². The molecule has 47 heavy (non-hydrogen) atoms. The average Bonchev–Trinajstić information content (AvgIpc) is 3.07. The zero-order chi connectivity index (χ0) is 33.7. The van der Waals surface area contributed by atoms with Crippen LogP contribution in [0, 0.1) is 12.8 Å². The van der Waals surface area contributed by atoms with E-state index < -0.39 is 38.7 Å². The standard InChI is InChI=1S/C32H42N8O6S/c1-21-16-25(4-5-27(21)39-10-8-34-9-11-39)36-32-35-19-23-17-26(28(41)22-6-13-46-14-7-22)30(42)40(29(23)37-32)20-24(18-33)31(43)47(44,45)15-12-38(2)3/h4-5,16-19,22,34H,6-15,20,33H2,1-3H3,(H,35,36,37). The van der Waals surface area contributed by atoms with Crippen molar-refractivity contribution in [1.82, 2.24) is 24.8 Å². The van der Waals surface area contributed by atoms with Crippen LogP contribution in [0.25, 0.3) is 11.0 Å². The molecule has 2 saturated heterocycles. The Morgan fingerprint density at radius 2 is 1.89 bits per heavy atom. The van der Waals surface area contributed by atoms with E-state index in [1.807, 2.05) is 25.1 Å². The van der Waals surface area contributed by atoms with Crippen LogP contribution in [0.15, 0.2) is 47.0 Å². The fraction of sp³-hybridized carbons (Fsp3) is 0.469. The summed E-state index contributed by atoms with van der Waals surface area (Å²) in [5.74, 6) is -1.00. The van der Waals surface area contributed by atoms with E-state index in [2.05, 4.69) is 25.5 Å². The minimum atomic E-state index is -4.24. The number of ketones is 1. The number of ether oxygens (including phenoxy) is 1. The highest BCUT2D eigenvalue weighted by Gasteiger charge is 2.30. The first-order chi connectivity index (χ1) is 22.5. The molecule has 4 heterocycles. The summed E-state index contributed by atoms with van der Waals surface area (Å²) in [6, 6.07) is 7.41. The molecule has 2 fully saturated rings. The van der Waals surface area contributed by atoms with Crippen molar-refractivity contribution in [1.29, 1.82) is 0 Å². The Morgan fingerprint density at radius 3 is 2.55 bits per heavy atom. The van der Waals surface area contributed by atoms with Crippen molar-refractivity contribution < 1.29 is 22.7 Å². The van der Waals surface area contributed by atoms with Crippen molar-refractivity contribution in [2.45, 2.75) is 26.3 Å². The second-order valence-electron chi connectivity index (χ2n) is 12.1. The number of hydrogen-bond donors (Lipinski definition) is 3. The van der Waals surface area contributed by atoms with Crippen LogP contribution in [0.5, 0.6) is 0 Å². The summed E-state index contributed by atoms with van der Waals surface area (Å²) in [6.45, 7) is 6.14. The van der Waals surface area contributed by atoms with Crippen LogP contribution < -0.4 is 26.8 Å². The molecule has 2 aromatic heterocycles. The van der Waals surface area contributed by atoms with Crippen LogP contribution in [0.1, 0.15) is 28.8 Å². The summed E-state index contributed by atoms with van der Waals surface area (Å²) in [4.78, 5) is 53.8. The Morgan fingerprint density at radius 1 is 1.17 bits per heavy atom. The molecule has 0 atom stereocenters. The monoisotopic (exact) mass is 666 g/mol. The zero-order valence-electron chi connectivity index (χ0n) is 27.0. The number of nitrogens with two attached hydrogens (primary N) is 1. The van der Waals surface area contributed by atoms with Gasteiger partial charge in [0.05, 0.1) is 17.9 Å². The number of Topliss-reactive ketones (excluding diaryl/α,β-unsaturated/α-hetero) is 1. The first kappa shape index (κ1) is 34.2. The van der Waals surface area contributed by atoms with E-state index in [1.54, 1.807) is 19.0 Å². The van der Waals surface area contributed by atoms with Gasteiger partial charge >= 0.3 is 0 Å². The predicted octanol–water partition coefficient (Wildman–Crippen LogP) is 1.21. The average molecular weight is 667 g/mol. The number of pyridine rings is 1. The molecule has 0 radical (unpaired) electrons. The minimum Gasteiger partial charge on any atom is -0.404 e. The fourth-order valence-electron chi connectivity index (χ4n) is 5.80. The topological polar surface area (TPSA) is 182 Å². The molecular weight excluding hydrogens is 624 g/mol. The Labute approximate surface area is 273 Å². The van der Waals surface area contributed by atoms with Crippen LogP contribution in [-0.4, -0.2) is 105 Å². The Bertz CT molecular complexity index is 1840. The number of benzene rings is 1. The van der Waals surface area contributed by atoms with E-state index in [0.29, 0.717) is 31.4 Å². The first-order valence-electron chi connectivity index (χ1n) is 15.7. The summed E-state index contributed by atoms with van der Waals surface area (Å²) in [5.41, 5.74) is 7.73. The SMILES string of the molecule is Cc1cc(Nc2ncc3cc(C(=O)C4CCOCC4)c(=O)n(CC(=CN)C(=O)S(=O)(=O)CCN(C)C)c3n2)ccc1N1CCNCC1. The summed E-state index contributed by atoms with van der Waals surface area (Å²) in [6.07, 6.45) is 3.33. The number of nitrogens with one attached hydrogen (secondary N) is 2. The Kier molecular flexibility index (Phi) is 10.7. The van der Waals surface area contributed by atoms with Crippen molar-refractivity contribution in [2.24, 2.45) is 11.7 Å². The third-order valence-corrected chi connectivity index (χ3v) is 10.0. The molecule has 5 rings (SSSR count). The number of piperazine rings is 1. The van der Waals surface area contributed by atoms with Crippen LogP contribution in [-0.2, 0) is 25.9 Å². The predicted molar refractivity (Wildman–Crippen MR) is 181 cm³/mol. The van der Waals surface area contributed by atoms with Crippen LogP contribution in [0.2, 0.25) is 0 Å². The molecule has 2 aliphatic rings. The van der Waals surface area contributed by atoms with Gasteiger partial charge in [0.1, 0.15) is 5.65 Å². The number of fused-ring (bicyclic) bond motifs is 1. The molecule has 14 nitrogen and oxygen atoms in total. The third kappa shape index (κ3) is 7.87. The Hall–Kier alpha value is -4.18. The lowest BCUT2D eigenvalue weighted by Crippen LogP contribution is -2.43. The highest BCUT2D eigenvalue weighted by molar-refractivity contribution is 8.06. The van der Waals surface area contributed by atoms with Crippen LogP contribution >= 0.6 is 0 Å². The normalized spacial score (nSPS) is 16.5. The second-order valence-corrected chi connectivity index (χ2v) is 14.1. The number of aromatic nitrogens is 3. The van der Waals surface area contributed by atoms with Gasteiger partial charge in [-0.25, -0.2) is 13.4 Å². The first-order valence-corrected chi connectivity index (χ1v) is 17.3. The van der Waals surface area contributed by atoms with Gasteiger partial charge in [0.25, 0.3) is 10.7 Å². The highest BCUT2D eigenvalue weighted by atomic mass is 32.2. The molecule has 2 aliphatic heterocycles. The van der Waals surface area contributed by atoms with Gasteiger partial charge in [-0.05, 0) is 63.7 Å². The molecule has 3 aromatic rings. The molecule has 0 amide bonds. The second kappa shape index (κ2) is 14.7. The maximum atomic E-state index is 14.0. The summed E-state index contributed by atoms with van der Waals surface area (Å²) < 4.78 is 32.3. The van der Waals surface area contributed by atoms with Gasteiger partial charge in [0.15, 0.2) is 5.78 Å². The largest absolute Gasteiger partial charge is 0.404 e. The number of hydrogen-bond acceptors (Lipinski definition) is 13. The number of carbonyl (C=O) groups is 2. The molecule has 4 N–H and O–H groups in total. The molecule has 252 valence electrons. The van der Waals surface area contributed by atoms with E-state index in [1.165, 1.54) is 12.3 Å². The molecule has 0 unspecified atom stereocenters. The smallest absolute Gasteiger partial charge is 0.275 e. The van der Waals surface area contributed by atoms with Gasteiger partial charge in [-0.15, -0.1) is 0 Å². The highest BCUT2D eigenvalue weighted by Crippen LogP contribution is 2.26. The molecule has 0 bridgehead atoms. The molecule has 0 saturated carbocycles. The number of aryl methyl sites for hydroxylation is 1. The number of carbonyl (C=O) groups excluding carboxylic acids is 2. The quantitative estimate of drug-likeness (QED) is 0.196. The number of nitrogens with zero attached hydrogens (tertiary/aromatic N) is 5. The maximum absolute atomic E-state index is 14.0. The van der Waals surface area contributed by atoms with Crippen molar-refractivity contribution >= 4 is 49.1 Å². The van der Waals surface area contributed by atoms with E-state index in [4.69, 9.17) is 10.5 Å². The van der Waals surface area contributed by atoms with Crippen LogP contribution in [0.4, 0.5) is 17.3 Å². The van der Waals surface area contributed by atoms with Crippen molar-refractivity contribution in [3.8, 4) is 0 Å². The van der Waals surface area contributed by atoms with E-state index in [-0.39, 0.29) is 35.1 Å². The van der Waals surface area contributed by atoms with Gasteiger partial charge in [-0.2, -0.15) is 4.98 Å². The number of rotatable bonds is 11.